The van der Waals surface area contributed by atoms with E-state index in [-0.39, 0.29) is 0 Å². The van der Waals surface area contributed by atoms with Crippen molar-refractivity contribution in [2.75, 3.05) is 5.73 Å². The van der Waals surface area contributed by atoms with Crippen LogP contribution in [0.2, 0.25) is 0 Å². The molecule has 4 nitrogen and oxygen atoms in total. The first kappa shape index (κ1) is 13.7. The summed E-state index contributed by atoms with van der Waals surface area (Å²) < 4.78 is 6.32. The Bertz CT molecular complexity index is 726. The maximum atomic E-state index is 5.69. The van der Waals surface area contributed by atoms with Crippen LogP contribution in [0.5, 0.6) is 0 Å². The summed E-state index contributed by atoms with van der Waals surface area (Å²) in [7, 11) is 0. The predicted molar refractivity (Wildman–Crippen MR) is 85.7 cm³/mol. The molecule has 3 rings (SSSR count). The Hall–Kier alpha value is -1.31. The number of anilines is 1. The second-order valence-electron chi connectivity index (χ2n) is 3.94. The van der Waals surface area contributed by atoms with Crippen LogP contribution < -0.4 is 5.73 Å². The zero-order valence-corrected chi connectivity index (χ0v) is 13.5. The fourth-order valence-corrected chi connectivity index (χ4v) is 3.69. The maximum absolute atomic E-state index is 5.69. The minimum absolute atomic E-state index is 0.523. The highest BCUT2D eigenvalue weighted by molar-refractivity contribution is 9.10. The quantitative estimate of drug-likeness (QED) is 0.690. The molecular formula is C13H10BrN3OS2. The smallest absolute Gasteiger partial charge is 0.268 e. The lowest BCUT2D eigenvalue weighted by Gasteiger charge is -2.00. The van der Waals surface area contributed by atoms with Crippen LogP contribution in [0.4, 0.5) is 5.00 Å². The summed E-state index contributed by atoms with van der Waals surface area (Å²) in [6.07, 6.45) is 0. The molecule has 2 aromatic heterocycles. The average Bonchev–Trinajstić information content (AvgIpc) is 3.06. The normalized spacial score (nSPS) is 10.8. The zero-order valence-electron chi connectivity index (χ0n) is 10.2. The molecule has 0 saturated heterocycles. The van der Waals surface area contributed by atoms with Gasteiger partial charge in [0, 0.05) is 9.37 Å². The van der Waals surface area contributed by atoms with E-state index in [9.17, 15) is 0 Å². The molecule has 2 N–H and O–H groups in total. The van der Waals surface area contributed by atoms with Gasteiger partial charge in [0.15, 0.2) is 5.82 Å². The van der Waals surface area contributed by atoms with Crippen LogP contribution in [0.1, 0.15) is 5.82 Å². The number of hydrogen-bond donors (Lipinski definition) is 1. The SMILES string of the molecule is Nc1ccc(-c2nc(CSc3ccccc3Br)no2)s1. The van der Waals surface area contributed by atoms with E-state index in [1.165, 1.54) is 11.3 Å². The standard InChI is InChI=1S/C13H10BrN3OS2/c14-8-3-1-2-4-9(8)19-7-12-16-13(18-17-12)10-5-6-11(15)20-10/h1-6H,7,15H2. The Kier molecular flexibility index (Phi) is 4.09. The van der Waals surface area contributed by atoms with E-state index in [0.29, 0.717) is 17.5 Å². The molecule has 102 valence electrons. The topological polar surface area (TPSA) is 64.9 Å². The first-order valence-electron chi connectivity index (χ1n) is 5.78. The van der Waals surface area contributed by atoms with Gasteiger partial charge in [-0.1, -0.05) is 17.3 Å². The number of rotatable bonds is 4. The Morgan fingerprint density at radius 3 is 2.85 bits per heavy atom. The highest BCUT2D eigenvalue weighted by Crippen LogP contribution is 2.31. The Morgan fingerprint density at radius 1 is 1.25 bits per heavy atom. The number of thioether (sulfide) groups is 1. The van der Waals surface area contributed by atoms with E-state index in [1.807, 2.05) is 30.3 Å². The summed E-state index contributed by atoms with van der Waals surface area (Å²) in [5.41, 5.74) is 5.69. The minimum atomic E-state index is 0.523. The van der Waals surface area contributed by atoms with Gasteiger partial charge in [-0.05, 0) is 40.2 Å². The van der Waals surface area contributed by atoms with E-state index in [1.54, 1.807) is 11.8 Å². The van der Waals surface area contributed by atoms with Gasteiger partial charge in [-0.25, -0.2) is 0 Å². The van der Waals surface area contributed by atoms with Crippen LogP contribution in [-0.2, 0) is 5.75 Å². The summed E-state index contributed by atoms with van der Waals surface area (Å²) in [4.78, 5) is 6.43. The van der Waals surface area contributed by atoms with E-state index in [2.05, 4.69) is 32.1 Å². The maximum Gasteiger partial charge on any atom is 0.268 e. The minimum Gasteiger partial charge on any atom is -0.391 e. The third-order valence-electron chi connectivity index (χ3n) is 2.50. The van der Waals surface area contributed by atoms with Crippen molar-refractivity contribution in [3.8, 4) is 10.8 Å². The van der Waals surface area contributed by atoms with Crippen molar-refractivity contribution in [3.63, 3.8) is 0 Å². The van der Waals surface area contributed by atoms with E-state index in [4.69, 9.17) is 10.3 Å². The average molecular weight is 368 g/mol. The fourth-order valence-electron chi connectivity index (χ4n) is 1.58. The van der Waals surface area contributed by atoms with Gasteiger partial charge < -0.3 is 10.3 Å². The van der Waals surface area contributed by atoms with Crippen molar-refractivity contribution < 1.29 is 4.52 Å². The largest absolute Gasteiger partial charge is 0.391 e. The van der Waals surface area contributed by atoms with Crippen LogP contribution in [-0.4, -0.2) is 10.1 Å². The molecule has 0 aliphatic carbocycles. The number of halogens is 1. The molecule has 20 heavy (non-hydrogen) atoms. The third-order valence-corrected chi connectivity index (χ3v) is 5.42. The third kappa shape index (κ3) is 3.05. The van der Waals surface area contributed by atoms with Crippen molar-refractivity contribution in [2.45, 2.75) is 10.6 Å². The first-order chi connectivity index (χ1) is 9.72. The molecule has 0 aliphatic rings. The van der Waals surface area contributed by atoms with Crippen LogP contribution >= 0.6 is 39.0 Å². The van der Waals surface area contributed by atoms with Crippen LogP contribution in [0, 0.1) is 0 Å². The summed E-state index contributed by atoms with van der Waals surface area (Å²) in [6.45, 7) is 0. The first-order valence-corrected chi connectivity index (χ1v) is 8.37. The van der Waals surface area contributed by atoms with Gasteiger partial charge in [-0.3, -0.25) is 0 Å². The number of aromatic nitrogens is 2. The van der Waals surface area contributed by atoms with Gasteiger partial charge in [-0.15, -0.1) is 23.1 Å². The highest BCUT2D eigenvalue weighted by Gasteiger charge is 2.11. The molecule has 0 unspecified atom stereocenters. The van der Waals surface area contributed by atoms with Gasteiger partial charge in [0.05, 0.1) is 15.6 Å². The summed E-state index contributed by atoms with van der Waals surface area (Å²) in [5, 5.41) is 4.73. The number of hydrogen-bond acceptors (Lipinski definition) is 6. The van der Waals surface area contributed by atoms with Gasteiger partial charge in [-0.2, -0.15) is 4.98 Å². The molecule has 0 spiro atoms. The molecule has 3 aromatic rings. The molecule has 0 atom stereocenters. The van der Waals surface area contributed by atoms with E-state index < -0.39 is 0 Å². The Balaban J connectivity index is 1.70. The van der Waals surface area contributed by atoms with Crippen LogP contribution in [0.15, 0.2) is 50.3 Å². The number of nitrogen functional groups attached to an aromatic ring is 1. The van der Waals surface area contributed by atoms with Crippen molar-refractivity contribution in [1.29, 1.82) is 0 Å². The van der Waals surface area contributed by atoms with Crippen molar-refractivity contribution in [2.24, 2.45) is 0 Å². The summed E-state index contributed by atoms with van der Waals surface area (Å²) in [6, 6.07) is 11.8. The van der Waals surface area contributed by atoms with Gasteiger partial charge in [0.1, 0.15) is 0 Å². The summed E-state index contributed by atoms with van der Waals surface area (Å²) in [5.74, 6) is 1.86. The lowest BCUT2D eigenvalue weighted by Crippen LogP contribution is -1.84. The predicted octanol–water partition coefficient (Wildman–Crippen LogP) is 4.44. The second-order valence-corrected chi connectivity index (χ2v) is 6.92. The number of nitrogens with two attached hydrogens (primary N) is 1. The molecule has 2 heterocycles. The fraction of sp³-hybridized carbons (Fsp3) is 0.0769. The lowest BCUT2D eigenvalue weighted by atomic mass is 10.4. The van der Waals surface area contributed by atoms with E-state index >= 15 is 0 Å². The monoisotopic (exact) mass is 367 g/mol. The van der Waals surface area contributed by atoms with Crippen molar-refractivity contribution >= 4 is 44.0 Å². The number of benzene rings is 1. The van der Waals surface area contributed by atoms with Crippen molar-refractivity contribution in [3.05, 3.63) is 46.7 Å². The molecule has 0 saturated carbocycles. The van der Waals surface area contributed by atoms with E-state index in [0.717, 1.165) is 19.2 Å². The lowest BCUT2D eigenvalue weighted by molar-refractivity contribution is 0.426. The molecule has 1 aromatic carbocycles. The Morgan fingerprint density at radius 2 is 2.10 bits per heavy atom. The zero-order chi connectivity index (χ0) is 13.9. The van der Waals surface area contributed by atoms with Gasteiger partial charge in [0.25, 0.3) is 5.89 Å². The molecular weight excluding hydrogens is 358 g/mol. The molecule has 7 heteroatoms. The Labute approximate surface area is 132 Å². The second kappa shape index (κ2) is 5.99. The van der Waals surface area contributed by atoms with Crippen LogP contribution in [0.3, 0.4) is 0 Å². The molecule has 0 fully saturated rings. The number of nitrogens with zero attached hydrogens (tertiary/aromatic N) is 2. The summed E-state index contributed by atoms with van der Waals surface area (Å²) >= 11 is 6.62. The number of thiophene rings is 1. The highest BCUT2D eigenvalue weighted by atomic mass is 79.9. The molecule has 0 aliphatic heterocycles. The van der Waals surface area contributed by atoms with Crippen molar-refractivity contribution in [1.82, 2.24) is 10.1 Å². The van der Waals surface area contributed by atoms with Gasteiger partial charge >= 0.3 is 0 Å². The van der Waals surface area contributed by atoms with Crippen LogP contribution in [0.25, 0.3) is 10.8 Å². The molecule has 0 amide bonds. The molecule has 0 radical (unpaired) electrons. The molecule has 0 bridgehead atoms. The van der Waals surface area contributed by atoms with Gasteiger partial charge in [0.2, 0.25) is 0 Å².